The van der Waals surface area contributed by atoms with Gasteiger partial charge in [0.15, 0.2) is 0 Å². The average Bonchev–Trinajstić information content (AvgIpc) is 2.78. The predicted molar refractivity (Wildman–Crippen MR) is 77.9 cm³/mol. The summed E-state index contributed by atoms with van der Waals surface area (Å²) in [5.74, 6) is 0. The van der Waals surface area contributed by atoms with E-state index in [4.69, 9.17) is 0 Å². The van der Waals surface area contributed by atoms with Crippen molar-refractivity contribution in [3.63, 3.8) is 0 Å². The Hall–Kier alpha value is -0.630. The van der Waals surface area contributed by atoms with Gasteiger partial charge in [-0.25, -0.2) is 0 Å². The van der Waals surface area contributed by atoms with Crippen molar-refractivity contribution in [3.05, 3.63) is 0 Å². The van der Waals surface area contributed by atoms with E-state index in [2.05, 4.69) is 42.3 Å². The third-order valence-corrected chi connectivity index (χ3v) is 5.58. The number of rotatable bonds is 5. The lowest BCUT2D eigenvalue weighted by molar-refractivity contribution is 0.0163. The molecule has 2 atom stereocenters. The number of hydrogen-bond donors (Lipinski definition) is 1. The molecule has 108 valence electrons. The van der Waals surface area contributed by atoms with Gasteiger partial charge in [0.05, 0.1) is 6.07 Å². The molecule has 0 amide bonds. The molecule has 0 saturated heterocycles. The summed E-state index contributed by atoms with van der Waals surface area (Å²) in [4.78, 5) is 4.90. The second-order valence-corrected chi connectivity index (χ2v) is 6.73. The lowest BCUT2D eigenvalue weighted by Crippen LogP contribution is -2.58. The van der Waals surface area contributed by atoms with Crippen molar-refractivity contribution in [2.75, 3.05) is 34.7 Å². The standard InChI is InChI=1S/C15H28N4/c1-17-14(11-16)9-6-13(10-14)19(4)12-15(18(2)3)7-5-8-15/h13,17H,5-10,12H2,1-4H3. The molecular weight excluding hydrogens is 236 g/mol. The van der Waals surface area contributed by atoms with Gasteiger partial charge < -0.3 is 15.1 Å². The van der Waals surface area contributed by atoms with Gasteiger partial charge in [-0.1, -0.05) is 0 Å². The molecule has 2 rings (SSSR count). The zero-order valence-electron chi connectivity index (χ0n) is 12.9. The van der Waals surface area contributed by atoms with Crippen molar-refractivity contribution in [1.82, 2.24) is 15.1 Å². The summed E-state index contributed by atoms with van der Waals surface area (Å²) in [6.45, 7) is 1.13. The van der Waals surface area contributed by atoms with Gasteiger partial charge in [-0.05, 0) is 66.7 Å². The van der Waals surface area contributed by atoms with E-state index in [9.17, 15) is 5.26 Å². The highest BCUT2D eigenvalue weighted by atomic mass is 15.2. The molecule has 0 bridgehead atoms. The van der Waals surface area contributed by atoms with Crippen LogP contribution in [0.25, 0.3) is 0 Å². The first-order valence-electron chi connectivity index (χ1n) is 7.45. The van der Waals surface area contributed by atoms with E-state index in [1.807, 2.05) is 7.05 Å². The maximum atomic E-state index is 9.35. The van der Waals surface area contributed by atoms with Gasteiger partial charge in [0.1, 0.15) is 5.54 Å². The molecule has 0 aromatic heterocycles. The molecule has 2 saturated carbocycles. The number of nitriles is 1. The van der Waals surface area contributed by atoms with Gasteiger partial charge in [-0.15, -0.1) is 0 Å². The Morgan fingerprint density at radius 3 is 2.32 bits per heavy atom. The minimum absolute atomic E-state index is 0.288. The lowest BCUT2D eigenvalue weighted by atomic mass is 9.75. The Morgan fingerprint density at radius 2 is 1.95 bits per heavy atom. The van der Waals surface area contributed by atoms with E-state index < -0.39 is 0 Å². The molecule has 2 aliphatic rings. The van der Waals surface area contributed by atoms with Crippen molar-refractivity contribution >= 4 is 0 Å². The van der Waals surface area contributed by atoms with Crippen molar-refractivity contribution < 1.29 is 0 Å². The molecule has 0 aliphatic heterocycles. The molecule has 1 N–H and O–H groups in total. The van der Waals surface area contributed by atoms with E-state index >= 15 is 0 Å². The first kappa shape index (κ1) is 14.8. The molecule has 4 nitrogen and oxygen atoms in total. The third-order valence-electron chi connectivity index (χ3n) is 5.58. The van der Waals surface area contributed by atoms with Gasteiger partial charge in [-0.3, -0.25) is 0 Å². The first-order chi connectivity index (χ1) is 8.97. The van der Waals surface area contributed by atoms with E-state index in [0.29, 0.717) is 11.6 Å². The van der Waals surface area contributed by atoms with Crippen molar-refractivity contribution in [3.8, 4) is 6.07 Å². The van der Waals surface area contributed by atoms with Gasteiger partial charge in [0, 0.05) is 18.1 Å². The van der Waals surface area contributed by atoms with Crippen LogP contribution in [0.1, 0.15) is 38.5 Å². The van der Waals surface area contributed by atoms with E-state index in [1.165, 1.54) is 19.3 Å². The minimum Gasteiger partial charge on any atom is -0.302 e. The van der Waals surface area contributed by atoms with Crippen LogP contribution in [0.15, 0.2) is 0 Å². The van der Waals surface area contributed by atoms with E-state index in [1.54, 1.807) is 0 Å². The highest BCUT2D eigenvalue weighted by Gasteiger charge is 2.44. The highest BCUT2D eigenvalue weighted by molar-refractivity contribution is 5.13. The van der Waals surface area contributed by atoms with Crippen molar-refractivity contribution in [2.45, 2.75) is 55.6 Å². The minimum atomic E-state index is -0.288. The Bertz CT molecular complexity index is 356. The van der Waals surface area contributed by atoms with Gasteiger partial charge in [0.25, 0.3) is 0 Å². The van der Waals surface area contributed by atoms with Crippen LogP contribution >= 0.6 is 0 Å². The SMILES string of the molecule is CNC1(C#N)CCC(N(C)CC2(N(C)C)CCC2)C1. The number of hydrogen-bond acceptors (Lipinski definition) is 4. The number of nitrogens with one attached hydrogen (secondary N) is 1. The molecule has 0 aromatic carbocycles. The first-order valence-corrected chi connectivity index (χ1v) is 7.45. The molecule has 4 heteroatoms. The average molecular weight is 264 g/mol. The predicted octanol–water partition coefficient (Wildman–Crippen LogP) is 1.44. The fourth-order valence-electron chi connectivity index (χ4n) is 3.71. The molecule has 2 aliphatic carbocycles. The lowest BCUT2D eigenvalue weighted by Gasteiger charge is -2.50. The second-order valence-electron chi connectivity index (χ2n) is 6.73. The van der Waals surface area contributed by atoms with Gasteiger partial charge in [0.2, 0.25) is 0 Å². The van der Waals surface area contributed by atoms with Crippen LogP contribution in [0.4, 0.5) is 0 Å². The molecule has 0 heterocycles. The zero-order valence-corrected chi connectivity index (χ0v) is 12.9. The summed E-state index contributed by atoms with van der Waals surface area (Å²) >= 11 is 0. The Morgan fingerprint density at radius 1 is 1.26 bits per heavy atom. The molecular formula is C15H28N4. The maximum Gasteiger partial charge on any atom is 0.108 e. The monoisotopic (exact) mass is 264 g/mol. The topological polar surface area (TPSA) is 42.3 Å². The van der Waals surface area contributed by atoms with Crippen LogP contribution in [0, 0.1) is 11.3 Å². The zero-order chi connectivity index (χ0) is 14.1. The Labute approximate surface area is 117 Å². The summed E-state index contributed by atoms with van der Waals surface area (Å²) in [5, 5.41) is 12.6. The summed E-state index contributed by atoms with van der Waals surface area (Å²) < 4.78 is 0. The van der Waals surface area contributed by atoms with Crippen LogP contribution in [0.2, 0.25) is 0 Å². The number of likely N-dealkylation sites (N-methyl/N-ethyl adjacent to an activating group) is 2. The summed E-state index contributed by atoms with van der Waals surface area (Å²) in [6, 6.07) is 3.02. The van der Waals surface area contributed by atoms with Crippen LogP contribution in [-0.4, -0.2) is 61.7 Å². The number of nitrogens with zero attached hydrogens (tertiary/aromatic N) is 3. The van der Waals surface area contributed by atoms with Crippen LogP contribution < -0.4 is 5.32 Å². The third kappa shape index (κ3) is 2.65. The molecule has 2 fully saturated rings. The molecule has 0 aromatic rings. The summed E-state index contributed by atoms with van der Waals surface area (Å²) in [5.41, 5.74) is 0.0934. The van der Waals surface area contributed by atoms with Gasteiger partial charge in [-0.2, -0.15) is 5.26 Å². The second kappa shape index (κ2) is 5.40. The molecule has 0 radical (unpaired) electrons. The maximum absolute atomic E-state index is 9.35. The fraction of sp³-hybridized carbons (Fsp3) is 0.933. The fourth-order valence-corrected chi connectivity index (χ4v) is 3.71. The van der Waals surface area contributed by atoms with E-state index in [-0.39, 0.29) is 5.54 Å². The van der Waals surface area contributed by atoms with Crippen molar-refractivity contribution in [1.29, 1.82) is 5.26 Å². The molecule has 0 spiro atoms. The van der Waals surface area contributed by atoms with Crippen LogP contribution in [0.5, 0.6) is 0 Å². The normalized spacial score (nSPS) is 33.4. The van der Waals surface area contributed by atoms with Crippen LogP contribution in [0.3, 0.4) is 0 Å². The largest absolute Gasteiger partial charge is 0.302 e. The molecule has 19 heavy (non-hydrogen) atoms. The van der Waals surface area contributed by atoms with Crippen LogP contribution in [-0.2, 0) is 0 Å². The summed E-state index contributed by atoms with van der Waals surface area (Å²) in [6.07, 6.45) is 7.05. The Balaban J connectivity index is 1.95. The summed E-state index contributed by atoms with van der Waals surface area (Å²) in [7, 11) is 8.56. The van der Waals surface area contributed by atoms with Gasteiger partial charge >= 0.3 is 0 Å². The smallest absolute Gasteiger partial charge is 0.108 e. The quantitative estimate of drug-likeness (QED) is 0.816. The molecule has 2 unspecified atom stereocenters. The van der Waals surface area contributed by atoms with E-state index in [0.717, 1.165) is 25.8 Å². The van der Waals surface area contributed by atoms with Crippen molar-refractivity contribution in [2.24, 2.45) is 0 Å². The highest BCUT2D eigenvalue weighted by Crippen LogP contribution is 2.39. The Kier molecular flexibility index (Phi) is 4.20.